The summed E-state index contributed by atoms with van der Waals surface area (Å²) in [7, 11) is 0. The summed E-state index contributed by atoms with van der Waals surface area (Å²) in [6.07, 6.45) is 5.82. The molecule has 5 nitrogen and oxygen atoms in total. The van der Waals surface area contributed by atoms with Crippen LogP contribution in [0.1, 0.15) is 46.0 Å². The van der Waals surface area contributed by atoms with E-state index in [4.69, 9.17) is 9.47 Å². The molecule has 6 heteroatoms. The van der Waals surface area contributed by atoms with Gasteiger partial charge in [-0.05, 0) is 26.7 Å². The van der Waals surface area contributed by atoms with E-state index in [0.717, 1.165) is 12.8 Å². The van der Waals surface area contributed by atoms with Gasteiger partial charge < -0.3 is 9.47 Å². The molecule has 21 heavy (non-hydrogen) atoms. The van der Waals surface area contributed by atoms with Crippen LogP contribution in [0.15, 0.2) is 0 Å². The summed E-state index contributed by atoms with van der Waals surface area (Å²) in [5, 5.41) is 0.452. The Kier molecular flexibility index (Phi) is 8.42. The van der Waals surface area contributed by atoms with E-state index in [1.54, 1.807) is 13.8 Å². The Balaban J connectivity index is 2.56. The Morgan fingerprint density at radius 1 is 1.00 bits per heavy atom. The molecule has 1 aliphatic rings. The lowest BCUT2D eigenvalue weighted by molar-refractivity contribution is -0.163. The highest BCUT2D eigenvalue weighted by Crippen LogP contribution is 2.28. The number of thioether (sulfide) groups is 1. The zero-order valence-corrected chi connectivity index (χ0v) is 13.6. The Morgan fingerprint density at radius 2 is 1.52 bits per heavy atom. The van der Waals surface area contributed by atoms with Gasteiger partial charge in [-0.25, -0.2) is 0 Å². The van der Waals surface area contributed by atoms with Gasteiger partial charge in [0.25, 0.3) is 0 Å². The normalized spacial score (nSPS) is 15.8. The molecule has 0 saturated heterocycles. The van der Waals surface area contributed by atoms with E-state index in [1.165, 1.54) is 31.0 Å². The van der Waals surface area contributed by atoms with Crippen LogP contribution in [0.2, 0.25) is 0 Å². The topological polar surface area (TPSA) is 69.7 Å². The molecule has 1 rings (SSSR count). The molecule has 0 radical (unpaired) electrons. The van der Waals surface area contributed by atoms with Crippen LogP contribution in [0.5, 0.6) is 0 Å². The molecule has 0 bridgehead atoms. The molecule has 0 spiro atoms. The fourth-order valence-electron chi connectivity index (χ4n) is 2.33. The highest BCUT2D eigenvalue weighted by molar-refractivity contribution is 8.00. The van der Waals surface area contributed by atoms with Crippen LogP contribution in [0.25, 0.3) is 0 Å². The van der Waals surface area contributed by atoms with Crippen LogP contribution >= 0.6 is 11.8 Å². The highest BCUT2D eigenvalue weighted by atomic mass is 32.2. The van der Waals surface area contributed by atoms with Crippen molar-refractivity contribution in [3.63, 3.8) is 0 Å². The van der Waals surface area contributed by atoms with Crippen molar-refractivity contribution in [1.82, 2.24) is 0 Å². The molecule has 1 aliphatic carbocycles. The Hall–Kier alpha value is -1.04. The van der Waals surface area contributed by atoms with E-state index in [2.05, 4.69) is 0 Å². The van der Waals surface area contributed by atoms with Gasteiger partial charge >= 0.3 is 11.9 Å². The summed E-state index contributed by atoms with van der Waals surface area (Å²) in [6, 6.07) is 0. The third kappa shape index (κ3) is 6.08. The van der Waals surface area contributed by atoms with Gasteiger partial charge in [-0.15, -0.1) is 0 Å². The van der Waals surface area contributed by atoms with Crippen molar-refractivity contribution in [2.75, 3.05) is 19.0 Å². The summed E-state index contributed by atoms with van der Waals surface area (Å²) in [5.41, 5.74) is 0. The van der Waals surface area contributed by atoms with Gasteiger partial charge in [0.05, 0.1) is 19.0 Å². The molecule has 0 atom stereocenters. The van der Waals surface area contributed by atoms with Crippen molar-refractivity contribution in [3.05, 3.63) is 0 Å². The molecule has 0 aromatic carbocycles. The average molecular weight is 316 g/mol. The quantitative estimate of drug-likeness (QED) is 0.506. The first-order chi connectivity index (χ1) is 10.1. The molecule has 0 heterocycles. The molecule has 0 N–H and O–H groups in total. The van der Waals surface area contributed by atoms with Crippen molar-refractivity contribution >= 4 is 29.5 Å². The predicted octanol–water partition coefficient (Wildman–Crippen LogP) is 2.36. The molecule has 0 aliphatic heterocycles. The second-order valence-electron chi connectivity index (χ2n) is 4.97. The summed E-state index contributed by atoms with van der Waals surface area (Å²) in [4.78, 5) is 35.8. The van der Waals surface area contributed by atoms with Crippen molar-refractivity contribution in [1.29, 1.82) is 0 Å². The first kappa shape index (κ1) is 18.0. The molecule has 1 saturated carbocycles. The van der Waals surface area contributed by atoms with Gasteiger partial charge in [0.2, 0.25) is 5.92 Å². The fourth-order valence-corrected chi connectivity index (χ4v) is 3.56. The second kappa shape index (κ2) is 9.82. The number of esters is 2. The minimum absolute atomic E-state index is 0.137. The summed E-state index contributed by atoms with van der Waals surface area (Å²) >= 11 is 1.54. The minimum Gasteiger partial charge on any atom is -0.465 e. The molecule has 120 valence electrons. The molecule has 0 aromatic heterocycles. The lowest BCUT2D eigenvalue weighted by atomic mass is 10.0. The molecule has 1 fully saturated rings. The Morgan fingerprint density at radius 3 is 2.00 bits per heavy atom. The largest absolute Gasteiger partial charge is 0.465 e. The number of ether oxygens (including phenoxy) is 2. The maximum atomic E-state index is 12.2. The van der Waals surface area contributed by atoms with Crippen LogP contribution in [-0.2, 0) is 23.9 Å². The van der Waals surface area contributed by atoms with Gasteiger partial charge in [0.1, 0.15) is 0 Å². The van der Waals surface area contributed by atoms with Gasteiger partial charge in [-0.2, -0.15) is 11.8 Å². The van der Waals surface area contributed by atoms with Crippen LogP contribution in [0.3, 0.4) is 0 Å². The van der Waals surface area contributed by atoms with Crippen LogP contribution < -0.4 is 0 Å². The third-order valence-electron chi connectivity index (χ3n) is 3.38. The number of carbonyl (C=O) groups excluding carboxylic acids is 3. The fraction of sp³-hybridized carbons (Fsp3) is 0.800. The number of rotatable bonds is 8. The number of hydrogen-bond donors (Lipinski definition) is 0. The zero-order chi connectivity index (χ0) is 15.7. The summed E-state index contributed by atoms with van der Waals surface area (Å²) in [6.45, 7) is 3.55. The van der Waals surface area contributed by atoms with Crippen molar-refractivity contribution in [3.8, 4) is 0 Å². The summed E-state index contributed by atoms with van der Waals surface area (Å²) in [5.74, 6) is -3.29. The second-order valence-corrected chi connectivity index (χ2v) is 6.26. The van der Waals surface area contributed by atoms with Crippen LogP contribution in [0.4, 0.5) is 0 Å². The first-order valence-electron chi connectivity index (χ1n) is 7.57. The first-order valence-corrected chi connectivity index (χ1v) is 8.62. The summed E-state index contributed by atoms with van der Waals surface area (Å²) < 4.78 is 9.63. The van der Waals surface area contributed by atoms with E-state index >= 15 is 0 Å². The monoisotopic (exact) mass is 316 g/mol. The van der Waals surface area contributed by atoms with E-state index in [9.17, 15) is 14.4 Å². The smallest absolute Gasteiger partial charge is 0.328 e. The number of carbonyl (C=O) groups is 3. The number of Topliss-reactive ketones (excluding diaryl/α,β-unsaturated/α-hetero) is 1. The molecular weight excluding hydrogens is 292 g/mol. The lowest BCUT2D eigenvalue weighted by Crippen LogP contribution is -2.36. The highest BCUT2D eigenvalue weighted by Gasteiger charge is 2.36. The molecule has 0 aromatic rings. The maximum Gasteiger partial charge on any atom is 0.328 e. The van der Waals surface area contributed by atoms with Crippen molar-refractivity contribution < 1.29 is 23.9 Å². The Bertz CT molecular complexity index is 345. The third-order valence-corrected chi connectivity index (χ3v) is 4.77. The number of hydrogen-bond acceptors (Lipinski definition) is 6. The van der Waals surface area contributed by atoms with E-state index in [0.29, 0.717) is 5.25 Å². The standard InChI is InChI=1S/C15H24O5S/c1-3-19-14(17)13(15(18)20-4-2)12(16)10-21-11-8-6-5-7-9-11/h11,13H,3-10H2,1-2H3. The zero-order valence-electron chi connectivity index (χ0n) is 12.8. The van der Waals surface area contributed by atoms with Gasteiger partial charge in [-0.1, -0.05) is 19.3 Å². The van der Waals surface area contributed by atoms with Crippen LogP contribution in [0, 0.1) is 5.92 Å². The predicted molar refractivity (Wildman–Crippen MR) is 81.1 cm³/mol. The van der Waals surface area contributed by atoms with E-state index in [1.807, 2.05) is 0 Å². The molecule has 0 amide bonds. The molecular formula is C15H24O5S. The maximum absolute atomic E-state index is 12.2. The van der Waals surface area contributed by atoms with E-state index in [-0.39, 0.29) is 19.0 Å². The van der Waals surface area contributed by atoms with Crippen molar-refractivity contribution in [2.45, 2.75) is 51.2 Å². The molecule has 0 unspecified atom stereocenters. The van der Waals surface area contributed by atoms with Crippen molar-refractivity contribution in [2.24, 2.45) is 5.92 Å². The SMILES string of the molecule is CCOC(=O)C(C(=O)CSC1CCCCC1)C(=O)OCC. The minimum atomic E-state index is -1.43. The lowest BCUT2D eigenvalue weighted by Gasteiger charge is -2.21. The van der Waals surface area contributed by atoms with Crippen LogP contribution in [-0.4, -0.2) is 41.9 Å². The average Bonchev–Trinajstić information content (AvgIpc) is 2.47. The van der Waals surface area contributed by atoms with Gasteiger partial charge in [0.15, 0.2) is 5.78 Å². The van der Waals surface area contributed by atoms with E-state index < -0.39 is 23.6 Å². The van der Waals surface area contributed by atoms with Gasteiger partial charge in [-0.3, -0.25) is 14.4 Å². The van der Waals surface area contributed by atoms with Gasteiger partial charge in [0, 0.05) is 5.25 Å². The Labute approximate surface area is 130 Å². The number of ketones is 1.